The van der Waals surface area contributed by atoms with Crippen molar-refractivity contribution in [1.82, 2.24) is 5.32 Å². The maximum Gasteiger partial charge on any atom is 0.315 e. The number of rotatable bonds is 4. The molecule has 2 aromatic rings. The smallest absolute Gasteiger partial charge is 0.315 e. The van der Waals surface area contributed by atoms with E-state index in [0.29, 0.717) is 17.0 Å². The molecule has 0 saturated heterocycles. The van der Waals surface area contributed by atoms with Crippen LogP contribution in [0.25, 0.3) is 0 Å². The maximum absolute atomic E-state index is 13.0. The highest BCUT2D eigenvalue weighted by molar-refractivity contribution is 7.16. The summed E-state index contributed by atoms with van der Waals surface area (Å²) in [7, 11) is 0. The highest BCUT2D eigenvalue weighted by atomic mass is 32.1. The lowest BCUT2D eigenvalue weighted by Crippen LogP contribution is -2.38. The van der Waals surface area contributed by atoms with E-state index in [0.717, 1.165) is 29.8 Å². The third-order valence-electron chi connectivity index (χ3n) is 6.17. The lowest BCUT2D eigenvalue weighted by atomic mass is 9.72. The van der Waals surface area contributed by atoms with E-state index in [1.54, 1.807) is 18.3 Å². The van der Waals surface area contributed by atoms with Crippen LogP contribution in [0.4, 0.5) is 10.7 Å². The number of hydrogen-bond donors (Lipinski definition) is 3. The molecular weight excluding hydrogens is 418 g/mol. The van der Waals surface area contributed by atoms with Gasteiger partial charge in [0.2, 0.25) is 5.75 Å². The van der Waals surface area contributed by atoms with Gasteiger partial charge in [-0.15, -0.1) is 11.3 Å². The van der Waals surface area contributed by atoms with Gasteiger partial charge >= 0.3 is 5.69 Å². The fourth-order valence-corrected chi connectivity index (χ4v) is 5.74. The van der Waals surface area contributed by atoms with Crippen LogP contribution in [0.2, 0.25) is 0 Å². The van der Waals surface area contributed by atoms with E-state index < -0.39 is 22.5 Å². The summed E-state index contributed by atoms with van der Waals surface area (Å²) >= 11 is 1.60. The van der Waals surface area contributed by atoms with E-state index >= 15 is 0 Å². The van der Waals surface area contributed by atoms with Gasteiger partial charge < -0.3 is 20.5 Å². The summed E-state index contributed by atoms with van der Waals surface area (Å²) in [6.45, 7) is 8.74. The van der Waals surface area contributed by atoms with Gasteiger partial charge in [-0.05, 0) is 49.1 Å². The Morgan fingerprint density at radius 1 is 1.32 bits per heavy atom. The number of phenols is 1. The van der Waals surface area contributed by atoms with E-state index in [1.165, 1.54) is 17.0 Å². The average molecular weight is 446 g/mol. The molecule has 0 fully saturated rings. The van der Waals surface area contributed by atoms with Crippen molar-refractivity contribution in [2.75, 3.05) is 11.9 Å². The minimum Gasteiger partial charge on any atom is -0.500 e. The molecule has 9 heteroatoms. The zero-order chi connectivity index (χ0) is 22.5. The van der Waals surface area contributed by atoms with Crippen molar-refractivity contribution < 1.29 is 19.6 Å². The zero-order valence-electron chi connectivity index (χ0n) is 18.1. The van der Waals surface area contributed by atoms with Crippen LogP contribution in [0.15, 0.2) is 12.1 Å². The number of benzene rings is 1. The molecule has 3 N–H and O–H groups in total. The topological polar surface area (TPSA) is 114 Å². The molecule has 1 aromatic heterocycles. The molecule has 0 radical (unpaired) electrons. The third kappa shape index (κ3) is 3.82. The SMILES string of the molecule is CCOc1cc([C@H]2NC(=O)c3c(sc4c3CC[C@@H](C(C)(C)C)C4)N2)cc([N+](=O)[O-])c1O. The number of fused-ring (bicyclic) bond motifs is 3. The molecule has 31 heavy (non-hydrogen) atoms. The van der Waals surface area contributed by atoms with Crippen LogP contribution >= 0.6 is 11.3 Å². The molecule has 8 nitrogen and oxygen atoms in total. The lowest BCUT2D eigenvalue weighted by molar-refractivity contribution is -0.386. The summed E-state index contributed by atoms with van der Waals surface area (Å²) in [5, 5.41) is 28.6. The molecule has 2 atom stereocenters. The number of nitrogens with one attached hydrogen (secondary N) is 2. The number of carbonyl (C=O) groups excluding carboxylic acids is 1. The molecule has 1 aliphatic heterocycles. The van der Waals surface area contributed by atoms with Crippen molar-refractivity contribution in [2.24, 2.45) is 11.3 Å². The van der Waals surface area contributed by atoms with Crippen LogP contribution in [-0.2, 0) is 12.8 Å². The number of nitro benzene ring substituents is 1. The molecule has 2 heterocycles. The predicted octanol–water partition coefficient (Wildman–Crippen LogP) is 4.77. The van der Waals surface area contributed by atoms with Gasteiger partial charge in [0.25, 0.3) is 5.91 Å². The molecule has 4 rings (SSSR count). The number of nitrogens with zero attached hydrogens (tertiary/aromatic N) is 1. The molecule has 2 aliphatic rings. The first kappa shape index (κ1) is 21.4. The average Bonchev–Trinajstić information content (AvgIpc) is 3.06. The molecule has 1 aromatic carbocycles. The predicted molar refractivity (Wildman–Crippen MR) is 119 cm³/mol. The summed E-state index contributed by atoms with van der Waals surface area (Å²) in [4.78, 5) is 25.0. The number of aromatic hydroxyl groups is 1. The standard InChI is InChI=1S/C22H27N3O5S/c1-5-30-15-9-11(8-14(18(15)26)25(28)29)19-23-20(27)17-13-7-6-12(22(2,3)4)10-16(13)31-21(17)24-19/h8-9,12,19,24,26H,5-7,10H2,1-4H3,(H,23,27)/t12-,19+/m1/s1. The zero-order valence-corrected chi connectivity index (χ0v) is 18.9. The van der Waals surface area contributed by atoms with Crippen LogP contribution in [0, 0.1) is 21.4 Å². The second-order valence-corrected chi connectivity index (χ2v) is 10.2. The Balaban J connectivity index is 1.69. The van der Waals surface area contributed by atoms with Gasteiger partial charge in [-0.25, -0.2) is 0 Å². The van der Waals surface area contributed by atoms with Crippen molar-refractivity contribution in [1.29, 1.82) is 0 Å². The third-order valence-corrected chi connectivity index (χ3v) is 7.36. The summed E-state index contributed by atoms with van der Waals surface area (Å²) in [6.07, 6.45) is 2.23. The Morgan fingerprint density at radius 3 is 2.71 bits per heavy atom. The van der Waals surface area contributed by atoms with Gasteiger partial charge in [0, 0.05) is 16.5 Å². The Hall–Kier alpha value is -2.81. The second-order valence-electron chi connectivity index (χ2n) is 9.14. The van der Waals surface area contributed by atoms with Gasteiger partial charge in [0.15, 0.2) is 5.75 Å². The Bertz CT molecular complexity index is 1060. The lowest BCUT2D eigenvalue weighted by Gasteiger charge is -2.34. The van der Waals surface area contributed by atoms with Gasteiger partial charge in [0.05, 0.1) is 17.1 Å². The van der Waals surface area contributed by atoms with Crippen LogP contribution in [0.1, 0.15) is 66.6 Å². The minimum atomic E-state index is -0.659. The van der Waals surface area contributed by atoms with E-state index in [1.807, 2.05) is 0 Å². The quantitative estimate of drug-likeness (QED) is 0.462. The van der Waals surface area contributed by atoms with Crippen LogP contribution in [0.5, 0.6) is 11.5 Å². The largest absolute Gasteiger partial charge is 0.500 e. The van der Waals surface area contributed by atoms with Crippen molar-refractivity contribution >= 4 is 27.9 Å². The van der Waals surface area contributed by atoms with Gasteiger partial charge in [-0.1, -0.05) is 20.8 Å². The molecule has 1 amide bonds. The van der Waals surface area contributed by atoms with E-state index in [4.69, 9.17) is 4.74 Å². The number of nitro groups is 1. The van der Waals surface area contributed by atoms with E-state index in [-0.39, 0.29) is 23.7 Å². The fraction of sp³-hybridized carbons (Fsp3) is 0.500. The van der Waals surface area contributed by atoms with Crippen molar-refractivity contribution in [3.63, 3.8) is 0 Å². The molecule has 166 valence electrons. The molecule has 0 bridgehead atoms. The van der Waals surface area contributed by atoms with Gasteiger partial charge in [-0.2, -0.15) is 0 Å². The molecule has 0 spiro atoms. The van der Waals surface area contributed by atoms with Crippen LogP contribution in [0.3, 0.4) is 0 Å². The fourth-order valence-electron chi connectivity index (χ4n) is 4.39. The Kier molecular flexibility index (Phi) is 5.33. The highest BCUT2D eigenvalue weighted by Gasteiger charge is 2.37. The normalized spacial score (nSPS) is 20.3. The highest BCUT2D eigenvalue weighted by Crippen LogP contribution is 2.47. The van der Waals surface area contributed by atoms with Crippen molar-refractivity contribution in [2.45, 2.75) is 53.1 Å². The van der Waals surface area contributed by atoms with Gasteiger partial charge in [0.1, 0.15) is 11.2 Å². The van der Waals surface area contributed by atoms with Crippen molar-refractivity contribution in [3.05, 3.63) is 43.8 Å². The number of hydrogen-bond acceptors (Lipinski definition) is 7. The van der Waals surface area contributed by atoms with E-state index in [2.05, 4.69) is 31.4 Å². The van der Waals surface area contributed by atoms with Crippen molar-refractivity contribution in [3.8, 4) is 11.5 Å². The van der Waals surface area contributed by atoms with Crippen LogP contribution in [-0.4, -0.2) is 22.5 Å². The molecule has 0 unspecified atom stereocenters. The first-order valence-electron chi connectivity index (χ1n) is 10.5. The van der Waals surface area contributed by atoms with Crippen LogP contribution < -0.4 is 15.4 Å². The Morgan fingerprint density at radius 2 is 2.06 bits per heavy atom. The van der Waals surface area contributed by atoms with Gasteiger partial charge in [-0.3, -0.25) is 14.9 Å². The number of carbonyl (C=O) groups is 1. The number of anilines is 1. The second kappa shape index (κ2) is 7.71. The summed E-state index contributed by atoms with van der Waals surface area (Å²) < 4.78 is 5.37. The number of phenolic OH excluding ortho intramolecular Hbond substituents is 1. The number of thiophene rings is 1. The maximum atomic E-state index is 13.0. The molecular formula is C22H27N3O5S. The summed E-state index contributed by atoms with van der Waals surface area (Å²) in [6, 6.07) is 2.79. The summed E-state index contributed by atoms with van der Waals surface area (Å²) in [5.74, 6) is -0.114. The first-order valence-corrected chi connectivity index (χ1v) is 11.3. The monoisotopic (exact) mass is 445 g/mol. The minimum absolute atomic E-state index is 0.0204. The molecule has 1 aliphatic carbocycles. The number of ether oxygens (including phenoxy) is 1. The summed E-state index contributed by atoms with van der Waals surface area (Å²) in [5.41, 5.74) is 2.02. The number of amides is 1. The Labute approximate surface area is 184 Å². The first-order chi connectivity index (χ1) is 14.6. The van der Waals surface area contributed by atoms with E-state index in [9.17, 15) is 20.0 Å². The molecule has 0 saturated carbocycles.